The van der Waals surface area contributed by atoms with Crippen molar-refractivity contribution in [2.24, 2.45) is 0 Å². The summed E-state index contributed by atoms with van der Waals surface area (Å²) in [6.07, 6.45) is 2.74. The van der Waals surface area contributed by atoms with Gasteiger partial charge in [-0.05, 0) is 31.0 Å². The van der Waals surface area contributed by atoms with Crippen LogP contribution in [0, 0.1) is 6.92 Å². The van der Waals surface area contributed by atoms with E-state index in [2.05, 4.69) is 36.3 Å². The Morgan fingerprint density at radius 1 is 1.27 bits per heavy atom. The number of hydrogen-bond donors (Lipinski definition) is 1. The van der Waals surface area contributed by atoms with Crippen LogP contribution in [0.5, 0.6) is 0 Å². The number of nitrogens with two attached hydrogens (primary N) is 1. The smallest absolute Gasteiger partial charge is 0.0734 e. The van der Waals surface area contributed by atoms with E-state index in [1.165, 1.54) is 5.56 Å². The van der Waals surface area contributed by atoms with E-state index < -0.39 is 0 Å². The minimum atomic E-state index is 0.731. The van der Waals surface area contributed by atoms with Gasteiger partial charge in [0.15, 0.2) is 0 Å². The summed E-state index contributed by atoms with van der Waals surface area (Å²) in [4.78, 5) is 0. The lowest BCUT2D eigenvalue weighted by Crippen LogP contribution is -1.99. The quantitative estimate of drug-likeness (QED) is 0.810. The maximum Gasteiger partial charge on any atom is 0.0734 e. The average Bonchev–Trinajstić information content (AvgIpc) is 2.60. The van der Waals surface area contributed by atoms with Gasteiger partial charge in [-0.2, -0.15) is 5.10 Å². The van der Waals surface area contributed by atoms with Crippen LogP contribution < -0.4 is 5.73 Å². The van der Waals surface area contributed by atoms with Gasteiger partial charge in [0.1, 0.15) is 0 Å². The van der Waals surface area contributed by atoms with Crippen LogP contribution in [-0.2, 0) is 6.42 Å². The maximum atomic E-state index is 5.75. The molecule has 0 bridgehead atoms. The third-order valence-electron chi connectivity index (χ3n) is 2.64. The molecular formula is C12H15N3. The van der Waals surface area contributed by atoms with Gasteiger partial charge in [-0.25, -0.2) is 4.68 Å². The molecule has 1 aromatic carbocycles. The Kier molecular flexibility index (Phi) is 2.46. The monoisotopic (exact) mass is 201 g/mol. The highest BCUT2D eigenvalue weighted by Crippen LogP contribution is 2.15. The van der Waals surface area contributed by atoms with Gasteiger partial charge in [0.25, 0.3) is 0 Å². The molecule has 3 heteroatoms. The first-order valence-corrected chi connectivity index (χ1v) is 5.11. The van der Waals surface area contributed by atoms with Crippen LogP contribution in [0.25, 0.3) is 5.69 Å². The third kappa shape index (κ3) is 1.73. The van der Waals surface area contributed by atoms with Gasteiger partial charge in [-0.15, -0.1) is 0 Å². The van der Waals surface area contributed by atoms with Crippen LogP contribution in [-0.4, -0.2) is 9.78 Å². The Morgan fingerprint density at radius 3 is 2.40 bits per heavy atom. The van der Waals surface area contributed by atoms with Crippen molar-refractivity contribution in [3.63, 3.8) is 0 Å². The predicted molar refractivity (Wildman–Crippen MR) is 62.1 cm³/mol. The third-order valence-corrected chi connectivity index (χ3v) is 2.64. The van der Waals surface area contributed by atoms with Crippen molar-refractivity contribution in [1.29, 1.82) is 0 Å². The first-order chi connectivity index (χ1) is 7.22. The molecule has 0 fully saturated rings. The molecule has 0 saturated heterocycles. The lowest BCUT2D eigenvalue weighted by Gasteiger charge is -2.05. The summed E-state index contributed by atoms with van der Waals surface area (Å²) < 4.78 is 1.86. The van der Waals surface area contributed by atoms with Crippen molar-refractivity contribution >= 4 is 5.69 Å². The van der Waals surface area contributed by atoms with Crippen LogP contribution in [0.3, 0.4) is 0 Å². The Labute approximate surface area is 89.5 Å². The zero-order valence-corrected chi connectivity index (χ0v) is 9.07. The summed E-state index contributed by atoms with van der Waals surface area (Å²) in [5.41, 5.74) is 9.85. The topological polar surface area (TPSA) is 43.8 Å². The van der Waals surface area contributed by atoms with E-state index in [1.54, 1.807) is 6.20 Å². The van der Waals surface area contributed by atoms with E-state index in [0.717, 1.165) is 23.5 Å². The van der Waals surface area contributed by atoms with E-state index in [1.807, 2.05) is 11.6 Å². The van der Waals surface area contributed by atoms with Crippen LogP contribution in [0.1, 0.15) is 18.2 Å². The number of rotatable bonds is 2. The van der Waals surface area contributed by atoms with Gasteiger partial charge in [-0.1, -0.05) is 19.1 Å². The summed E-state index contributed by atoms with van der Waals surface area (Å²) >= 11 is 0. The standard InChI is InChI=1S/C12H15N3/c1-3-10-4-6-11(7-5-10)15-9(2)12(13)8-14-15/h4-8H,3,13H2,1-2H3. The van der Waals surface area contributed by atoms with E-state index in [9.17, 15) is 0 Å². The molecule has 0 aliphatic carbocycles. The van der Waals surface area contributed by atoms with Gasteiger partial charge in [0.2, 0.25) is 0 Å². The molecule has 1 aromatic heterocycles. The number of aromatic nitrogens is 2. The molecule has 3 nitrogen and oxygen atoms in total. The molecule has 15 heavy (non-hydrogen) atoms. The highest BCUT2D eigenvalue weighted by Gasteiger charge is 2.04. The molecular weight excluding hydrogens is 186 g/mol. The normalized spacial score (nSPS) is 10.5. The number of nitrogen functional groups attached to an aromatic ring is 1. The van der Waals surface area contributed by atoms with Crippen molar-refractivity contribution in [2.75, 3.05) is 5.73 Å². The molecule has 2 rings (SSSR count). The van der Waals surface area contributed by atoms with Crippen molar-refractivity contribution < 1.29 is 0 Å². The first-order valence-electron chi connectivity index (χ1n) is 5.11. The minimum absolute atomic E-state index is 0.731. The van der Waals surface area contributed by atoms with Crippen molar-refractivity contribution in [3.8, 4) is 5.69 Å². The number of benzene rings is 1. The van der Waals surface area contributed by atoms with Crippen molar-refractivity contribution in [3.05, 3.63) is 41.7 Å². The first kappa shape index (κ1) is 9.77. The van der Waals surface area contributed by atoms with Gasteiger partial charge in [-0.3, -0.25) is 0 Å². The number of nitrogens with zero attached hydrogens (tertiary/aromatic N) is 2. The number of aryl methyl sites for hydroxylation is 1. The maximum absolute atomic E-state index is 5.75. The molecule has 2 N–H and O–H groups in total. The fraction of sp³-hybridized carbons (Fsp3) is 0.250. The average molecular weight is 201 g/mol. The Hall–Kier alpha value is -1.77. The van der Waals surface area contributed by atoms with Crippen molar-refractivity contribution in [2.45, 2.75) is 20.3 Å². The van der Waals surface area contributed by atoms with Crippen LogP contribution in [0.4, 0.5) is 5.69 Å². The molecule has 0 saturated carbocycles. The zero-order chi connectivity index (χ0) is 10.8. The summed E-state index contributed by atoms with van der Waals surface area (Å²) in [7, 11) is 0. The summed E-state index contributed by atoms with van der Waals surface area (Å²) in [6, 6.07) is 8.37. The molecule has 78 valence electrons. The number of anilines is 1. The molecule has 0 aliphatic heterocycles. The van der Waals surface area contributed by atoms with E-state index in [-0.39, 0.29) is 0 Å². The van der Waals surface area contributed by atoms with E-state index >= 15 is 0 Å². The second-order valence-electron chi connectivity index (χ2n) is 3.62. The van der Waals surface area contributed by atoms with Gasteiger partial charge >= 0.3 is 0 Å². The Bertz CT molecular complexity index is 454. The highest BCUT2D eigenvalue weighted by atomic mass is 15.3. The van der Waals surface area contributed by atoms with E-state index in [0.29, 0.717) is 0 Å². The van der Waals surface area contributed by atoms with Gasteiger partial charge < -0.3 is 5.73 Å². The minimum Gasteiger partial charge on any atom is -0.396 e. The molecule has 0 amide bonds. The van der Waals surface area contributed by atoms with E-state index in [4.69, 9.17) is 5.73 Å². The van der Waals surface area contributed by atoms with Crippen LogP contribution >= 0.6 is 0 Å². The summed E-state index contributed by atoms with van der Waals surface area (Å²) in [6.45, 7) is 4.11. The van der Waals surface area contributed by atoms with Crippen molar-refractivity contribution in [1.82, 2.24) is 9.78 Å². The predicted octanol–water partition coefficient (Wildman–Crippen LogP) is 2.33. The fourth-order valence-corrected chi connectivity index (χ4v) is 1.56. The Morgan fingerprint density at radius 2 is 1.93 bits per heavy atom. The fourth-order valence-electron chi connectivity index (χ4n) is 1.56. The highest BCUT2D eigenvalue weighted by molar-refractivity contribution is 5.45. The second kappa shape index (κ2) is 3.77. The molecule has 2 aromatic rings. The lowest BCUT2D eigenvalue weighted by molar-refractivity contribution is 0.846. The molecule has 1 heterocycles. The van der Waals surface area contributed by atoms with Crippen LogP contribution in [0.2, 0.25) is 0 Å². The summed E-state index contributed by atoms with van der Waals surface area (Å²) in [5, 5.41) is 4.23. The van der Waals surface area contributed by atoms with Gasteiger partial charge in [0, 0.05) is 0 Å². The molecule has 0 spiro atoms. The molecule has 0 unspecified atom stereocenters. The van der Waals surface area contributed by atoms with Crippen LogP contribution in [0.15, 0.2) is 30.5 Å². The summed E-state index contributed by atoms with van der Waals surface area (Å²) in [5.74, 6) is 0. The molecule has 0 radical (unpaired) electrons. The zero-order valence-electron chi connectivity index (χ0n) is 9.07. The lowest BCUT2D eigenvalue weighted by atomic mass is 10.1. The number of hydrogen-bond acceptors (Lipinski definition) is 2. The second-order valence-corrected chi connectivity index (χ2v) is 3.62. The molecule has 0 atom stereocenters. The SMILES string of the molecule is CCc1ccc(-n2ncc(N)c2C)cc1. The van der Waals surface area contributed by atoms with Gasteiger partial charge in [0.05, 0.1) is 23.3 Å². The molecule has 0 aliphatic rings. The Balaban J connectivity index is 2.41. The largest absolute Gasteiger partial charge is 0.396 e.